The second-order valence-corrected chi connectivity index (χ2v) is 3.28. The number of hydrogen-bond acceptors (Lipinski definition) is 4. The highest BCUT2D eigenvalue weighted by Gasteiger charge is 2.15. The molecule has 0 fully saturated rings. The molecule has 14 heavy (non-hydrogen) atoms. The van der Waals surface area contributed by atoms with Crippen molar-refractivity contribution in [2.24, 2.45) is 0 Å². The normalized spacial score (nSPS) is 10.9. The molecule has 2 N–H and O–H groups in total. The van der Waals surface area contributed by atoms with Gasteiger partial charge in [-0.25, -0.2) is 9.50 Å². The fourth-order valence-electron chi connectivity index (χ4n) is 1.40. The second kappa shape index (κ2) is 3.07. The van der Waals surface area contributed by atoms with Gasteiger partial charge in [-0.2, -0.15) is 5.10 Å². The molecular weight excluding hydrogens is 181 g/mol. The lowest BCUT2D eigenvalue weighted by Gasteiger charge is -2.01. The summed E-state index contributed by atoms with van der Waals surface area (Å²) in [7, 11) is -1.54. The highest BCUT2D eigenvalue weighted by atomic mass is 16.4. The van der Waals surface area contributed by atoms with Crippen molar-refractivity contribution in [2.45, 2.75) is 13.8 Å². The van der Waals surface area contributed by atoms with Crippen molar-refractivity contribution in [3.8, 4) is 0 Å². The quantitative estimate of drug-likeness (QED) is 0.568. The van der Waals surface area contributed by atoms with Crippen molar-refractivity contribution in [3.63, 3.8) is 0 Å². The molecule has 0 aliphatic rings. The van der Waals surface area contributed by atoms with Gasteiger partial charge in [-0.05, 0) is 25.5 Å². The van der Waals surface area contributed by atoms with E-state index in [0.717, 1.165) is 16.9 Å². The molecule has 0 aliphatic heterocycles. The number of aryl methyl sites for hydroxylation is 2. The molecule has 0 bridgehead atoms. The zero-order valence-electron chi connectivity index (χ0n) is 7.97. The van der Waals surface area contributed by atoms with E-state index >= 15 is 0 Å². The first kappa shape index (κ1) is 9.17. The van der Waals surface area contributed by atoms with E-state index in [9.17, 15) is 0 Å². The van der Waals surface area contributed by atoms with Crippen LogP contribution in [0.25, 0.3) is 5.65 Å². The van der Waals surface area contributed by atoms with E-state index in [4.69, 9.17) is 10.0 Å². The molecule has 2 aromatic heterocycles. The molecule has 2 rings (SSSR count). The Hall–Kier alpha value is -1.40. The molecule has 0 saturated heterocycles. The summed E-state index contributed by atoms with van der Waals surface area (Å²) in [6, 6.07) is 1.62. The Morgan fingerprint density at radius 2 is 2.07 bits per heavy atom. The van der Waals surface area contributed by atoms with Crippen molar-refractivity contribution in [3.05, 3.63) is 23.5 Å². The third-order valence-corrected chi connectivity index (χ3v) is 2.01. The third-order valence-electron chi connectivity index (χ3n) is 2.01. The molecule has 5 nitrogen and oxygen atoms in total. The average Bonchev–Trinajstić information content (AvgIpc) is 2.45. The predicted octanol–water partition coefficient (Wildman–Crippen LogP) is -0.974. The number of fused-ring (bicyclic) bond motifs is 1. The molecule has 0 spiro atoms. The van der Waals surface area contributed by atoms with Crippen LogP contribution in [-0.2, 0) is 0 Å². The van der Waals surface area contributed by atoms with E-state index in [1.54, 1.807) is 16.8 Å². The lowest BCUT2D eigenvalue weighted by Crippen LogP contribution is -2.34. The minimum atomic E-state index is -1.54. The SMILES string of the molecule is Cc1cn2nc(B(O)O)cc(C)c2n1. The Balaban J connectivity index is 2.71. The molecule has 72 valence electrons. The van der Waals surface area contributed by atoms with E-state index in [1.807, 2.05) is 13.8 Å². The van der Waals surface area contributed by atoms with Gasteiger partial charge in [-0.15, -0.1) is 0 Å². The van der Waals surface area contributed by atoms with Gasteiger partial charge < -0.3 is 10.0 Å². The summed E-state index contributed by atoms with van der Waals surface area (Å²) in [6.07, 6.45) is 1.74. The maximum atomic E-state index is 8.97. The fourth-order valence-corrected chi connectivity index (χ4v) is 1.40. The van der Waals surface area contributed by atoms with Crippen LogP contribution >= 0.6 is 0 Å². The topological polar surface area (TPSA) is 70.7 Å². The van der Waals surface area contributed by atoms with Crippen LogP contribution in [-0.4, -0.2) is 31.8 Å². The van der Waals surface area contributed by atoms with Gasteiger partial charge in [-0.3, -0.25) is 0 Å². The lowest BCUT2D eigenvalue weighted by molar-refractivity contribution is 0.423. The largest absolute Gasteiger partial charge is 0.510 e. The summed E-state index contributed by atoms with van der Waals surface area (Å²) in [6.45, 7) is 3.72. The minimum absolute atomic E-state index is 0.229. The molecule has 0 aliphatic carbocycles. The van der Waals surface area contributed by atoms with E-state index in [0.29, 0.717) is 0 Å². The van der Waals surface area contributed by atoms with Crippen molar-refractivity contribution in [1.82, 2.24) is 14.6 Å². The van der Waals surface area contributed by atoms with Gasteiger partial charge in [0.05, 0.1) is 17.5 Å². The van der Waals surface area contributed by atoms with E-state index in [2.05, 4.69) is 10.1 Å². The van der Waals surface area contributed by atoms with Gasteiger partial charge in [0.15, 0.2) is 5.65 Å². The maximum absolute atomic E-state index is 8.97. The van der Waals surface area contributed by atoms with Crippen molar-refractivity contribution in [1.29, 1.82) is 0 Å². The Morgan fingerprint density at radius 3 is 2.71 bits per heavy atom. The van der Waals surface area contributed by atoms with E-state index in [1.165, 1.54) is 0 Å². The molecule has 0 radical (unpaired) electrons. The molecule has 0 amide bonds. The monoisotopic (exact) mass is 191 g/mol. The van der Waals surface area contributed by atoms with Crippen LogP contribution in [0.2, 0.25) is 0 Å². The van der Waals surface area contributed by atoms with Gasteiger partial charge in [0, 0.05) is 0 Å². The zero-order valence-corrected chi connectivity index (χ0v) is 7.97. The predicted molar refractivity (Wildman–Crippen MR) is 52.3 cm³/mol. The summed E-state index contributed by atoms with van der Waals surface area (Å²) in [4.78, 5) is 4.25. The molecule has 0 atom stereocenters. The summed E-state index contributed by atoms with van der Waals surface area (Å²) < 4.78 is 1.56. The second-order valence-electron chi connectivity index (χ2n) is 3.28. The van der Waals surface area contributed by atoms with Gasteiger partial charge >= 0.3 is 7.12 Å². The Bertz CT molecular complexity index is 481. The fraction of sp³-hybridized carbons (Fsp3) is 0.250. The van der Waals surface area contributed by atoms with Crippen LogP contribution in [0.15, 0.2) is 12.3 Å². The Kier molecular flexibility index (Phi) is 2.01. The van der Waals surface area contributed by atoms with Crippen LogP contribution in [0.3, 0.4) is 0 Å². The van der Waals surface area contributed by atoms with Gasteiger partial charge in [0.2, 0.25) is 0 Å². The average molecular weight is 191 g/mol. The van der Waals surface area contributed by atoms with Crippen LogP contribution in [0.1, 0.15) is 11.3 Å². The van der Waals surface area contributed by atoms with Crippen molar-refractivity contribution < 1.29 is 10.0 Å². The van der Waals surface area contributed by atoms with Crippen molar-refractivity contribution >= 4 is 18.4 Å². The summed E-state index contributed by atoms with van der Waals surface area (Å²) >= 11 is 0. The number of aromatic nitrogens is 3. The summed E-state index contributed by atoms with van der Waals surface area (Å²) in [5.41, 5.74) is 2.70. The maximum Gasteiger partial charge on any atom is 0.510 e. The molecule has 2 aromatic rings. The first-order valence-corrected chi connectivity index (χ1v) is 4.27. The summed E-state index contributed by atoms with van der Waals surface area (Å²) in [5.74, 6) is 0. The van der Waals surface area contributed by atoms with Gasteiger partial charge in [0.25, 0.3) is 0 Å². The molecule has 0 unspecified atom stereocenters. The zero-order chi connectivity index (χ0) is 10.3. The number of imidazole rings is 1. The molecule has 0 aromatic carbocycles. The first-order chi connectivity index (χ1) is 6.58. The molecule has 2 heterocycles. The van der Waals surface area contributed by atoms with Gasteiger partial charge in [0.1, 0.15) is 0 Å². The Labute approximate surface area is 81.2 Å². The smallest absolute Gasteiger partial charge is 0.422 e. The highest BCUT2D eigenvalue weighted by molar-refractivity contribution is 6.57. The highest BCUT2D eigenvalue weighted by Crippen LogP contribution is 2.06. The van der Waals surface area contributed by atoms with E-state index in [-0.39, 0.29) is 5.59 Å². The molecule has 0 saturated carbocycles. The third kappa shape index (κ3) is 1.38. The van der Waals surface area contributed by atoms with Crippen LogP contribution in [0, 0.1) is 13.8 Å². The molecule has 6 heteroatoms. The van der Waals surface area contributed by atoms with Gasteiger partial charge in [-0.1, -0.05) is 0 Å². The minimum Gasteiger partial charge on any atom is -0.422 e. The van der Waals surface area contributed by atoms with E-state index < -0.39 is 7.12 Å². The van der Waals surface area contributed by atoms with Crippen molar-refractivity contribution in [2.75, 3.05) is 0 Å². The number of hydrogen-bond donors (Lipinski definition) is 2. The lowest BCUT2D eigenvalue weighted by atomic mass is 9.85. The van der Waals surface area contributed by atoms with Crippen LogP contribution in [0.4, 0.5) is 0 Å². The molecular formula is C8H10BN3O2. The number of nitrogens with zero attached hydrogens (tertiary/aromatic N) is 3. The van der Waals surface area contributed by atoms with Crippen LogP contribution < -0.4 is 5.59 Å². The first-order valence-electron chi connectivity index (χ1n) is 4.27. The standard InChI is InChI=1S/C8H10BN3O2/c1-5-3-7(9(13)14)11-12-4-6(2)10-8(5)12/h3-4,13-14H,1-2H3. The number of rotatable bonds is 1. The van der Waals surface area contributed by atoms with Crippen LogP contribution in [0.5, 0.6) is 0 Å². The summed E-state index contributed by atoms with van der Waals surface area (Å²) in [5, 5.41) is 22.0. The Morgan fingerprint density at radius 1 is 1.36 bits per heavy atom.